The Morgan fingerprint density at radius 2 is 1.87 bits per heavy atom. The highest BCUT2D eigenvalue weighted by molar-refractivity contribution is 5.96. The molecule has 0 unspecified atom stereocenters. The third-order valence-corrected chi connectivity index (χ3v) is 6.85. The van der Waals surface area contributed by atoms with Crippen LogP contribution in [0.1, 0.15) is 42.2 Å². The molecule has 5 rings (SSSR count). The highest BCUT2D eigenvalue weighted by Gasteiger charge is 2.28. The molecular formula is C26H30N8O4. The fraction of sp³-hybridized carbons (Fsp3) is 0.385. The molecule has 4 aromatic rings. The van der Waals surface area contributed by atoms with Gasteiger partial charge in [-0.3, -0.25) is 19.1 Å². The van der Waals surface area contributed by atoms with E-state index in [4.69, 9.17) is 9.84 Å². The Morgan fingerprint density at radius 3 is 2.53 bits per heavy atom. The molecule has 1 aliphatic carbocycles. The third-order valence-electron chi connectivity index (χ3n) is 6.85. The van der Waals surface area contributed by atoms with Crippen molar-refractivity contribution < 1.29 is 19.4 Å². The molecule has 0 bridgehead atoms. The Morgan fingerprint density at radius 1 is 1.11 bits per heavy atom. The van der Waals surface area contributed by atoms with Crippen LogP contribution in [0.2, 0.25) is 0 Å². The molecule has 1 saturated carbocycles. The Kier molecular flexibility index (Phi) is 6.70. The second kappa shape index (κ2) is 10.1. The molecule has 38 heavy (non-hydrogen) atoms. The molecule has 12 nitrogen and oxygen atoms in total. The zero-order valence-corrected chi connectivity index (χ0v) is 21.8. The molecule has 4 heterocycles. The molecular weight excluding hydrogens is 488 g/mol. The molecule has 0 saturated heterocycles. The predicted molar refractivity (Wildman–Crippen MR) is 140 cm³/mol. The number of carbonyl (C=O) groups excluding carboxylic acids is 1. The third kappa shape index (κ3) is 4.76. The van der Waals surface area contributed by atoms with Crippen molar-refractivity contribution in [2.75, 3.05) is 26.0 Å². The van der Waals surface area contributed by atoms with E-state index < -0.39 is 6.09 Å². The van der Waals surface area contributed by atoms with Crippen LogP contribution in [0.25, 0.3) is 22.2 Å². The number of ether oxygens (including phenoxy) is 1. The quantitative estimate of drug-likeness (QED) is 0.410. The van der Waals surface area contributed by atoms with E-state index in [2.05, 4.69) is 15.1 Å². The van der Waals surface area contributed by atoms with Crippen LogP contribution in [0, 0.1) is 0 Å². The van der Waals surface area contributed by atoms with Crippen LogP contribution in [-0.2, 0) is 7.05 Å². The molecule has 0 aromatic carbocycles. The van der Waals surface area contributed by atoms with Gasteiger partial charge in [0.05, 0.1) is 23.9 Å². The van der Waals surface area contributed by atoms with Gasteiger partial charge in [0.15, 0.2) is 11.4 Å². The molecule has 0 radical (unpaired) electrons. The highest BCUT2D eigenvalue weighted by atomic mass is 16.5. The summed E-state index contributed by atoms with van der Waals surface area (Å²) in [4.78, 5) is 35.3. The summed E-state index contributed by atoms with van der Waals surface area (Å²) in [5.74, 6) is 0.622. The van der Waals surface area contributed by atoms with Gasteiger partial charge in [-0.2, -0.15) is 10.2 Å². The van der Waals surface area contributed by atoms with Gasteiger partial charge in [-0.15, -0.1) is 0 Å². The number of hydrogen-bond donors (Lipinski definition) is 1. The number of aromatic nitrogens is 6. The van der Waals surface area contributed by atoms with Gasteiger partial charge in [-0.1, -0.05) is 0 Å². The van der Waals surface area contributed by atoms with Crippen LogP contribution < -0.4 is 9.64 Å². The topological polar surface area (TPSA) is 132 Å². The first-order valence-electron chi connectivity index (χ1n) is 12.4. The van der Waals surface area contributed by atoms with Gasteiger partial charge >= 0.3 is 6.09 Å². The van der Waals surface area contributed by atoms with Crippen LogP contribution in [0.3, 0.4) is 0 Å². The van der Waals surface area contributed by atoms with E-state index in [1.54, 1.807) is 55.6 Å². The molecule has 2 amide bonds. The number of hydrogen-bond acceptors (Lipinski definition) is 7. The maximum Gasteiger partial charge on any atom is 0.412 e. The van der Waals surface area contributed by atoms with Gasteiger partial charge in [-0.05, 0) is 37.8 Å². The fourth-order valence-electron chi connectivity index (χ4n) is 4.78. The number of aryl methyl sites for hydroxylation is 1. The Bertz CT molecular complexity index is 1490. The average molecular weight is 519 g/mol. The first kappa shape index (κ1) is 25.2. The minimum atomic E-state index is -1.09. The lowest BCUT2D eigenvalue weighted by molar-refractivity contribution is 0.0805. The van der Waals surface area contributed by atoms with Crippen LogP contribution >= 0.6 is 0 Å². The summed E-state index contributed by atoms with van der Waals surface area (Å²) in [5.41, 5.74) is 2.74. The molecule has 1 aliphatic rings. The maximum atomic E-state index is 12.5. The first-order valence-corrected chi connectivity index (χ1v) is 12.4. The minimum absolute atomic E-state index is 0.0563. The van der Waals surface area contributed by atoms with Crippen molar-refractivity contribution in [3.63, 3.8) is 0 Å². The maximum absolute atomic E-state index is 12.5. The number of anilines is 1. The van der Waals surface area contributed by atoms with E-state index in [-0.39, 0.29) is 18.1 Å². The summed E-state index contributed by atoms with van der Waals surface area (Å²) in [6.07, 6.45) is 8.93. The van der Waals surface area contributed by atoms with Gasteiger partial charge in [0.25, 0.3) is 5.91 Å². The Hall–Kier alpha value is -4.48. The summed E-state index contributed by atoms with van der Waals surface area (Å²) < 4.78 is 9.96. The van der Waals surface area contributed by atoms with Crippen molar-refractivity contribution in [2.24, 2.45) is 7.05 Å². The average Bonchev–Trinajstić information content (AvgIpc) is 3.51. The molecule has 12 heteroatoms. The number of pyridine rings is 2. The van der Waals surface area contributed by atoms with Crippen LogP contribution in [0.15, 0.2) is 43.0 Å². The van der Waals surface area contributed by atoms with Gasteiger partial charge in [0.2, 0.25) is 0 Å². The lowest BCUT2D eigenvalue weighted by Gasteiger charge is -2.30. The van der Waals surface area contributed by atoms with Crippen molar-refractivity contribution in [2.45, 2.75) is 37.8 Å². The van der Waals surface area contributed by atoms with E-state index in [1.165, 1.54) is 11.9 Å². The largest absolute Gasteiger partial charge is 0.488 e. The van der Waals surface area contributed by atoms with Crippen molar-refractivity contribution in [1.29, 1.82) is 0 Å². The van der Waals surface area contributed by atoms with E-state index >= 15 is 0 Å². The van der Waals surface area contributed by atoms with Crippen molar-refractivity contribution in [3.8, 4) is 17.0 Å². The molecule has 0 atom stereocenters. The van der Waals surface area contributed by atoms with E-state index in [0.29, 0.717) is 17.3 Å². The molecule has 0 aliphatic heterocycles. The van der Waals surface area contributed by atoms with Crippen LogP contribution in [0.4, 0.5) is 10.6 Å². The van der Waals surface area contributed by atoms with Gasteiger partial charge in [-0.25, -0.2) is 14.8 Å². The standard InChI is InChI=1S/C26H30N8O4/c1-31(2)25(35)24-21(6-5-11-27-24)38-18-9-7-17(8-10-18)34-20-12-22(33(4)26(36)37)28-14-19(20)23(30-34)16-13-29-32(3)15-16/h5-6,11-15,17-18H,7-10H2,1-4H3,(H,36,37). The number of nitrogens with zero attached hydrogens (tertiary/aromatic N) is 8. The monoisotopic (exact) mass is 518 g/mol. The number of rotatable bonds is 6. The summed E-state index contributed by atoms with van der Waals surface area (Å²) >= 11 is 0. The summed E-state index contributed by atoms with van der Waals surface area (Å²) in [7, 11) is 6.70. The second-order valence-electron chi connectivity index (χ2n) is 9.70. The molecule has 4 aromatic heterocycles. The minimum Gasteiger partial charge on any atom is -0.488 e. The van der Waals surface area contributed by atoms with Crippen molar-refractivity contribution in [1.82, 2.24) is 34.4 Å². The zero-order valence-electron chi connectivity index (χ0n) is 21.8. The lowest BCUT2D eigenvalue weighted by Crippen LogP contribution is -2.28. The first-order chi connectivity index (χ1) is 18.2. The van der Waals surface area contributed by atoms with Crippen LogP contribution in [-0.4, -0.2) is 78.8 Å². The number of carbonyl (C=O) groups is 2. The van der Waals surface area contributed by atoms with E-state index in [9.17, 15) is 14.7 Å². The molecule has 198 valence electrons. The Labute approximate surface area is 219 Å². The Balaban J connectivity index is 1.41. The summed E-state index contributed by atoms with van der Waals surface area (Å²) in [6, 6.07) is 5.41. The summed E-state index contributed by atoms with van der Waals surface area (Å²) in [6.45, 7) is 0. The van der Waals surface area contributed by atoms with Gasteiger partial charge in [0.1, 0.15) is 11.5 Å². The van der Waals surface area contributed by atoms with Gasteiger partial charge in [0, 0.05) is 63.8 Å². The number of amides is 2. The van der Waals surface area contributed by atoms with E-state index in [1.807, 2.05) is 17.9 Å². The van der Waals surface area contributed by atoms with Crippen LogP contribution in [0.5, 0.6) is 5.75 Å². The molecule has 1 N–H and O–H groups in total. The summed E-state index contributed by atoms with van der Waals surface area (Å²) in [5, 5.41) is 19.5. The molecule has 0 spiro atoms. The van der Waals surface area contributed by atoms with Crippen molar-refractivity contribution in [3.05, 3.63) is 48.7 Å². The van der Waals surface area contributed by atoms with Gasteiger partial charge < -0.3 is 14.7 Å². The highest BCUT2D eigenvalue weighted by Crippen LogP contribution is 2.37. The fourth-order valence-corrected chi connectivity index (χ4v) is 4.78. The smallest absolute Gasteiger partial charge is 0.412 e. The van der Waals surface area contributed by atoms with E-state index in [0.717, 1.165) is 52.7 Å². The second-order valence-corrected chi connectivity index (χ2v) is 9.70. The zero-order chi connectivity index (χ0) is 27.0. The predicted octanol–water partition coefficient (Wildman–Crippen LogP) is 3.61. The SMILES string of the molecule is CN(C)C(=O)c1ncccc1OC1CCC(n2nc(-c3cnn(C)c3)c3cnc(N(C)C(=O)O)cc32)CC1. The molecule has 1 fully saturated rings. The van der Waals surface area contributed by atoms with Crippen molar-refractivity contribution >= 4 is 28.7 Å². The normalized spacial score (nSPS) is 17.4. The number of fused-ring (bicyclic) bond motifs is 1. The lowest BCUT2D eigenvalue weighted by atomic mass is 9.93. The number of carboxylic acid groups (broad SMARTS) is 1.